The standard InChI is InChI=1S/C30H57N2S/c1-3-5-7-9-11-13-15-17-19-21-24-31-26-27-32(30(29-31)23-28-33)25-22-20-18-16-14-12-10-8-6-4-2/h26-27,29H,3-25,28H2,1-2H3/q+1/p+1. The molecule has 3 heteroatoms. The highest BCUT2D eigenvalue weighted by Gasteiger charge is 2.15. The molecule has 1 aromatic heterocycles. The molecule has 0 N–H and O–H groups in total. The SMILES string of the molecule is CCCCCCCCCCCC[n+]1cc[n+](CCCCCCCCCCCC)c(CCS)c1. The van der Waals surface area contributed by atoms with Crippen molar-refractivity contribution in [3.63, 3.8) is 0 Å². The number of thiol groups is 1. The van der Waals surface area contributed by atoms with Crippen molar-refractivity contribution in [2.24, 2.45) is 0 Å². The summed E-state index contributed by atoms with van der Waals surface area (Å²) in [5.74, 6) is 0.931. The van der Waals surface area contributed by atoms with E-state index in [0.29, 0.717) is 0 Å². The second-order valence-electron chi connectivity index (χ2n) is 10.2. The van der Waals surface area contributed by atoms with Crippen molar-refractivity contribution in [3.8, 4) is 0 Å². The molecule has 0 amide bonds. The lowest BCUT2D eigenvalue weighted by Gasteiger charge is -2.04. The number of nitrogens with zero attached hydrogens (tertiary/aromatic N) is 2. The largest absolute Gasteiger partial charge is 0.246 e. The zero-order valence-electron chi connectivity index (χ0n) is 22.5. The van der Waals surface area contributed by atoms with Crippen LogP contribution in [0.1, 0.15) is 148 Å². The number of rotatable bonds is 24. The molecule has 0 atom stereocenters. The second kappa shape index (κ2) is 23.2. The molecule has 192 valence electrons. The Bertz CT molecular complexity index is 546. The van der Waals surface area contributed by atoms with Gasteiger partial charge in [-0.2, -0.15) is 21.8 Å². The van der Waals surface area contributed by atoms with Crippen LogP contribution >= 0.6 is 12.6 Å². The predicted octanol–water partition coefficient (Wildman–Crippen LogP) is 8.58. The van der Waals surface area contributed by atoms with E-state index in [4.69, 9.17) is 0 Å². The second-order valence-corrected chi connectivity index (χ2v) is 10.6. The van der Waals surface area contributed by atoms with Crippen LogP contribution in [0.5, 0.6) is 0 Å². The summed E-state index contributed by atoms with van der Waals surface area (Å²) in [5, 5.41) is 0. The summed E-state index contributed by atoms with van der Waals surface area (Å²) in [6.45, 7) is 6.92. The Labute approximate surface area is 213 Å². The molecule has 0 aliphatic heterocycles. The Hall–Kier alpha value is -0.570. The minimum absolute atomic E-state index is 0.931. The van der Waals surface area contributed by atoms with Crippen molar-refractivity contribution in [1.82, 2.24) is 0 Å². The van der Waals surface area contributed by atoms with Gasteiger partial charge in [0.25, 0.3) is 0 Å². The van der Waals surface area contributed by atoms with Gasteiger partial charge in [-0.05, 0) is 12.8 Å². The third kappa shape index (κ3) is 17.5. The number of unbranched alkanes of at least 4 members (excludes halogenated alkanes) is 18. The maximum absolute atomic E-state index is 4.51. The summed E-state index contributed by atoms with van der Waals surface area (Å²) in [4.78, 5) is 0. The maximum atomic E-state index is 4.51. The van der Waals surface area contributed by atoms with Crippen LogP contribution in [0.4, 0.5) is 0 Å². The summed E-state index contributed by atoms with van der Waals surface area (Å²) < 4.78 is 4.90. The first kappa shape index (κ1) is 30.5. The molecule has 0 fully saturated rings. The molecule has 33 heavy (non-hydrogen) atoms. The Morgan fingerprint density at radius 1 is 0.545 bits per heavy atom. The molecule has 0 bridgehead atoms. The summed E-state index contributed by atoms with van der Waals surface area (Å²) in [5.41, 5.74) is 1.45. The van der Waals surface area contributed by atoms with Gasteiger partial charge in [0.15, 0.2) is 0 Å². The molecule has 2 nitrogen and oxygen atoms in total. The number of hydrogen-bond acceptors (Lipinski definition) is 1. The monoisotopic (exact) mass is 478 g/mol. The number of aryl methyl sites for hydroxylation is 3. The molecule has 0 saturated carbocycles. The van der Waals surface area contributed by atoms with E-state index in [1.54, 1.807) is 0 Å². The average molecular weight is 479 g/mol. The van der Waals surface area contributed by atoms with Gasteiger partial charge in [-0.15, -0.1) is 0 Å². The van der Waals surface area contributed by atoms with Crippen molar-refractivity contribution in [1.29, 1.82) is 0 Å². The first-order valence-corrected chi connectivity index (χ1v) is 15.5. The van der Waals surface area contributed by atoms with E-state index in [1.165, 1.54) is 141 Å². The molecule has 0 aliphatic rings. The van der Waals surface area contributed by atoms with Crippen LogP contribution in [0.2, 0.25) is 0 Å². The zero-order chi connectivity index (χ0) is 23.8. The smallest absolute Gasteiger partial charge is 0.194 e. The lowest BCUT2D eigenvalue weighted by molar-refractivity contribution is -0.755. The molecule has 0 unspecified atom stereocenters. The van der Waals surface area contributed by atoms with Crippen LogP contribution in [-0.2, 0) is 19.5 Å². The van der Waals surface area contributed by atoms with Crippen LogP contribution < -0.4 is 9.13 Å². The minimum Gasteiger partial charge on any atom is -0.194 e. The van der Waals surface area contributed by atoms with E-state index in [-0.39, 0.29) is 0 Å². The van der Waals surface area contributed by atoms with Crippen LogP contribution in [0.25, 0.3) is 0 Å². The number of hydrogen-bond donors (Lipinski definition) is 1. The molecule has 1 aromatic rings. The van der Waals surface area contributed by atoms with Gasteiger partial charge in [-0.3, -0.25) is 0 Å². The molecule has 0 aliphatic carbocycles. The van der Waals surface area contributed by atoms with Crippen LogP contribution in [0.3, 0.4) is 0 Å². The quantitative estimate of drug-likeness (QED) is 0.0864. The molecule has 0 radical (unpaired) electrons. The zero-order valence-corrected chi connectivity index (χ0v) is 23.4. The van der Waals surface area contributed by atoms with Gasteiger partial charge in [0, 0.05) is 25.0 Å². The average Bonchev–Trinajstić information content (AvgIpc) is 2.82. The summed E-state index contributed by atoms with van der Waals surface area (Å²) in [6.07, 6.45) is 36.2. The Kier molecular flexibility index (Phi) is 21.4. The fourth-order valence-corrected chi connectivity index (χ4v) is 5.03. The van der Waals surface area contributed by atoms with Gasteiger partial charge in [0.1, 0.15) is 13.1 Å². The summed E-state index contributed by atoms with van der Waals surface area (Å²) in [6, 6.07) is 0. The molecular formula is C30H58N2S+2. The van der Waals surface area contributed by atoms with E-state index in [9.17, 15) is 0 Å². The van der Waals surface area contributed by atoms with E-state index in [2.05, 4.69) is 54.2 Å². The van der Waals surface area contributed by atoms with Crippen molar-refractivity contribution in [2.75, 3.05) is 5.75 Å². The van der Waals surface area contributed by atoms with Gasteiger partial charge in [-0.25, -0.2) is 0 Å². The number of aromatic nitrogens is 2. The van der Waals surface area contributed by atoms with Gasteiger partial charge in [0.05, 0.1) is 0 Å². The molecule has 0 aromatic carbocycles. The highest BCUT2D eigenvalue weighted by molar-refractivity contribution is 7.80. The first-order valence-electron chi connectivity index (χ1n) is 14.8. The topological polar surface area (TPSA) is 7.76 Å². The van der Waals surface area contributed by atoms with E-state index in [0.717, 1.165) is 18.7 Å². The van der Waals surface area contributed by atoms with Gasteiger partial charge >= 0.3 is 0 Å². The molecule has 0 saturated heterocycles. The van der Waals surface area contributed by atoms with Gasteiger partial charge in [0.2, 0.25) is 24.3 Å². The first-order chi connectivity index (χ1) is 16.3. The lowest BCUT2D eigenvalue weighted by Crippen LogP contribution is -2.45. The molecular weight excluding hydrogens is 420 g/mol. The Morgan fingerprint density at radius 3 is 1.42 bits per heavy atom. The molecule has 0 spiro atoms. The van der Waals surface area contributed by atoms with Gasteiger partial charge in [-0.1, -0.05) is 117 Å². The highest BCUT2D eigenvalue weighted by atomic mass is 32.1. The normalized spacial score (nSPS) is 11.4. The van der Waals surface area contributed by atoms with Crippen molar-refractivity contribution < 1.29 is 9.13 Å². The highest BCUT2D eigenvalue weighted by Crippen LogP contribution is 2.11. The van der Waals surface area contributed by atoms with Crippen molar-refractivity contribution in [3.05, 3.63) is 24.3 Å². The van der Waals surface area contributed by atoms with Gasteiger partial charge < -0.3 is 0 Å². The van der Waals surface area contributed by atoms with E-state index < -0.39 is 0 Å². The fraction of sp³-hybridized carbons (Fsp3) is 0.867. The predicted molar refractivity (Wildman–Crippen MR) is 148 cm³/mol. The van der Waals surface area contributed by atoms with Crippen molar-refractivity contribution in [2.45, 2.75) is 162 Å². The van der Waals surface area contributed by atoms with Crippen molar-refractivity contribution >= 4 is 12.6 Å². The lowest BCUT2D eigenvalue weighted by atomic mass is 10.1. The molecule has 1 heterocycles. The minimum atomic E-state index is 0.931. The Balaban J connectivity index is 2.16. The summed E-state index contributed by atoms with van der Waals surface area (Å²) >= 11 is 4.51. The van der Waals surface area contributed by atoms with E-state index in [1.807, 2.05) is 0 Å². The molecule has 1 rings (SSSR count). The summed E-state index contributed by atoms with van der Waals surface area (Å²) in [7, 11) is 0. The maximum Gasteiger partial charge on any atom is 0.246 e. The van der Waals surface area contributed by atoms with Crippen LogP contribution in [0.15, 0.2) is 18.6 Å². The fourth-order valence-electron chi connectivity index (χ4n) is 4.80. The Morgan fingerprint density at radius 2 is 0.970 bits per heavy atom. The third-order valence-corrected chi connectivity index (χ3v) is 7.24. The van der Waals surface area contributed by atoms with E-state index >= 15 is 0 Å². The van der Waals surface area contributed by atoms with Crippen LogP contribution in [0, 0.1) is 0 Å². The van der Waals surface area contributed by atoms with Crippen LogP contribution in [-0.4, -0.2) is 5.75 Å². The third-order valence-electron chi connectivity index (χ3n) is 7.01.